The van der Waals surface area contributed by atoms with Crippen molar-refractivity contribution in [3.63, 3.8) is 0 Å². The van der Waals surface area contributed by atoms with E-state index in [2.05, 4.69) is 4.74 Å². The molecule has 100 valence electrons. The third-order valence-electron chi connectivity index (χ3n) is 2.34. The summed E-state index contributed by atoms with van der Waals surface area (Å²) in [4.78, 5) is 0. The van der Waals surface area contributed by atoms with Crippen LogP contribution in [0.3, 0.4) is 0 Å². The fraction of sp³-hybridized carbons (Fsp3) is 0.0769. The minimum atomic E-state index is -4.79. The molecule has 2 aromatic rings. The Morgan fingerprint density at radius 2 is 1.58 bits per heavy atom. The molecule has 6 heteroatoms. The summed E-state index contributed by atoms with van der Waals surface area (Å²) in [5.41, 5.74) is 1.10. The van der Waals surface area contributed by atoms with Crippen molar-refractivity contribution >= 4 is 23.2 Å². The van der Waals surface area contributed by atoms with Crippen molar-refractivity contribution in [3.8, 4) is 16.9 Å². The van der Waals surface area contributed by atoms with E-state index in [0.717, 1.165) is 0 Å². The summed E-state index contributed by atoms with van der Waals surface area (Å²) in [6.07, 6.45) is -4.79. The van der Waals surface area contributed by atoms with Gasteiger partial charge in [-0.3, -0.25) is 0 Å². The Balaban J connectivity index is 2.44. The molecule has 0 aliphatic heterocycles. The van der Waals surface area contributed by atoms with Crippen LogP contribution in [-0.4, -0.2) is 6.36 Å². The van der Waals surface area contributed by atoms with Gasteiger partial charge in [0.25, 0.3) is 0 Å². The number of halogens is 5. The molecule has 0 aliphatic rings. The third kappa shape index (κ3) is 3.55. The highest BCUT2D eigenvalue weighted by molar-refractivity contribution is 6.33. The molecule has 0 spiro atoms. The molecule has 0 aliphatic carbocycles. The molecule has 2 aromatic carbocycles. The third-order valence-corrected chi connectivity index (χ3v) is 2.98. The van der Waals surface area contributed by atoms with Crippen molar-refractivity contribution in [2.75, 3.05) is 0 Å². The Morgan fingerprint density at radius 3 is 2.21 bits per heavy atom. The van der Waals surface area contributed by atoms with Gasteiger partial charge in [0, 0.05) is 10.6 Å². The predicted octanol–water partition coefficient (Wildman–Crippen LogP) is 5.56. The zero-order valence-corrected chi connectivity index (χ0v) is 10.9. The fourth-order valence-electron chi connectivity index (χ4n) is 1.57. The van der Waals surface area contributed by atoms with Gasteiger partial charge >= 0.3 is 6.36 Å². The molecular formula is C13H7Cl2F3O. The summed E-state index contributed by atoms with van der Waals surface area (Å²) >= 11 is 11.7. The first-order chi connectivity index (χ1) is 8.87. The number of ether oxygens (including phenoxy) is 1. The standard InChI is InChI=1S/C13H7Cl2F3O/c14-10-4-2-1-3-9(10)8-5-6-11(15)12(7-8)19-13(16,17)18/h1-7H. The molecule has 0 radical (unpaired) electrons. The molecule has 0 fully saturated rings. The van der Waals surface area contributed by atoms with Gasteiger partial charge in [0.05, 0.1) is 5.02 Å². The summed E-state index contributed by atoms with van der Waals surface area (Å²) in [5.74, 6) is -0.452. The number of hydrogen-bond acceptors (Lipinski definition) is 1. The summed E-state index contributed by atoms with van der Waals surface area (Å²) in [7, 11) is 0. The van der Waals surface area contributed by atoms with Gasteiger partial charge in [-0.1, -0.05) is 47.5 Å². The Kier molecular flexibility index (Phi) is 3.92. The molecule has 0 heterocycles. The number of alkyl halides is 3. The van der Waals surface area contributed by atoms with Crippen molar-refractivity contribution in [3.05, 3.63) is 52.5 Å². The fourth-order valence-corrected chi connectivity index (χ4v) is 1.97. The average molecular weight is 307 g/mol. The van der Waals surface area contributed by atoms with Gasteiger partial charge < -0.3 is 4.74 Å². The lowest BCUT2D eigenvalue weighted by molar-refractivity contribution is -0.274. The van der Waals surface area contributed by atoms with E-state index in [1.807, 2.05) is 0 Å². The largest absolute Gasteiger partial charge is 0.573 e. The molecule has 0 amide bonds. The Bertz CT molecular complexity index is 597. The molecule has 0 saturated carbocycles. The molecule has 0 N–H and O–H groups in total. The van der Waals surface area contributed by atoms with Crippen molar-refractivity contribution in [1.82, 2.24) is 0 Å². The van der Waals surface area contributed by atoms with E-state index in [4.69, 9.17) is 23.2 Å². The van der Waals surface area contributed by atoms with Gasteiger partial charge in [-0.25, -0.2) is 0 Å². The second-order valence-electron chi connectivity index (χ2n) is 3.67. The van der Waals surface area contributed by atoms with Crippen LogP contribution in [-0.2, 0) is 0 Å². The van der Waals surface area contributed by atoms with Crippen molar-refractivity contribution in [2.45, 2.75) is 6.36 Å². The van der Waals surface area contributed by atoms with Gasteiger partial charge in [-0.2, -0.15) is 0 Å². The number of hydrogen-bond donors (Lipinski definition) is 0. The smallest absolute Gasteiger partial charge is 0.404 e. The molecule has 2 rings (SSSR count). The lowest BCUT2D eigenvalue weighted by atomic mass is 10.1. The first kappa shape index (κ1) is 14.0. The first-order valence-corrected chi connectivity index (χ1v) is 5.92. The normalized spacial score (nSPS) is 11.4. The topological polar surface area (TPSA) is 9.23 Å². The Morgan fingerprint density at radius 1 is 0.895 bits per heavy atom. The lowest BCUT2D eigenvalue weighted by Crippen LogP contribution is -2.17. The summed E-state index contributed by atoms with van der Waals surface area (Å²) in [6, 6.07) is 10.9. The molecule has 0 saturated heterocycles. The zero-order chi connectivity index (χ0) is 14.0. The van der Waals surface area contributed by atoms with Gasteiger partial charge in [0.1, 0.15) is 5.75 Å². The number of benzene rings is 2. The highest BCUT2D eigenvalue weighted by atomic mass is 35.5. The van der Waals surface area contributed by atoms with E-state index in [1.165, 1.54) is 12.1 Å². The van der Waals surface area contributed by atoms with Gasteiger partial charge in [-0.05, 0) is 23.8 Å². The average Bonchev–Trinajstić information content (AvgIpc) is 2.31. The predicted molar refractivity (Wildman–Crippen MR) is 68.6 cm³/mol. The van der Waals surface area contributed by atoms with Crippen molar-refractivity contribution in [2.24, 2.45) is 0 Å². The van der Waals surface area contributed by atoms with Crippen molar-refractivity contribution < 1.29 is 17.9 Å². The summed E-state index contributed by atoms with van der Waals surface area (Å²) in [5, 5.41) is 0.316. The summed E-state index contributed by atoms with van der Waals surface area (Å²) in [6.45, 7) is 0. The van der Waals surface area contributed by atoms with Gasteiger partial charge in [-0.15, -0.1) is 13.2 Å². The van der Waals surface area contributed by atoms with Crippen LogP contribution in [0, 0.1) is 0 Å². The first-order valence-electron chi connectivity index (χ1n) is 5.17. The van der Waals surface area contributed by atoms with Crippen LogP contribution in [0.25, 0.3) is 11.1 Å². The quantitative estimate of drug-likeness (QED) is 0.706. The minimum absolute atomic E-state index is 0.117. The van der Waals surface area contributed by atoms with E-state index in [-0.39, 0.29) is 5.02 Å². The van der Waals surface area contributed by atoms with Gasteiger partial charge in [0.2, 0.25) is 0 Å². The highest BCUT2D eigenvalue weighted by Crippen LogP contribution is 2.36. The Labute approximate surface area is 117 Å². The molecule has 0 aromatic heterocycles. The molecule has 0 unspecified atom stereocenters. The van der Waals surface area contributed by atoms with Crippen LogP contribution in [0.15, 0.2) is 42.5 Å². The van der Waals surface area contributed by atoms with Crippen LogP contribution >= 0.6 is 23.2 Å². The van der Waals surface area contributed by atoms with Crippen LogP contribution in [0.5, 0.6) is 5.75 Å². The van der Waals surface area contributed by atoms with Crippen molar-refractivity contribution in [1.29, 1.82) is 0 Å². The minimum Gasteiger partial charge on any atom is -0.404 e. The molecule has 0 bridgehead atoms. The maximum Gasteiger partial charge on any atom is 0.573 e. The second-order valence-corrected chi connectivity index (χ2v) is 4.49. The Hall–Kier alpha value is -1.39. The molecular weight excluding hydrogens is 300 g/mol. The zero-order valence-electron chi connectivity index (χ0n) is 9.34. The maximum atomic E-state index is 12.2. The van der Waals surface area contributed by atoms with E-state index in [1.54, 1.807) is 30.3 Å². The van der Waals surface area contributed by atoms with E-state index >= 15 is 0 Å². The van der Waals surface area contributed by atoms with Crippen LogP contribution in [0.4, 0.5) is 13.2 Å². The highest BCUT2D eigenvalue weighted by Gasteiger charge is 2.32. The van der Waals surface area contributed by atoms with E-state index in [9.17, 15) is 13.2 Å². The van der Waals surface area contributed by atoms with E-state index < -0.39 is 12.1 Å². The number of rotatable bonds is 2. The molecule has 19 heavy (non-hydrogen) atoms. The summed E-state index contributed by atoms with van der Waals surface area (Å²) < 4.78 is 40.5. The molecule has 1 nitrogen and oxygen atoms in total. The molecule has 0 atom stereocenters. The van der Waals surface area contributed by atoms with E-state index in [0.29, 0.717) is 16.1 Å². The lowest BCUT2D eigenvalue weighted by Gasteiger charge is -2.12. The monoisotopic (exact) mass is 306 g/mol. The van der Waals surface area contributed by atoms with Gasteiger partial charge in [0.15, 0.2) is 0 Å². The second kappa shape index (κ2) is 5.31. The maximum absolute atomic E-state index is 12.2. The van der Waals surface area contributed by atoms with Crippen LogP contribution < -0.4 is 4.74 Å². The van der Waals surface area contributed by atoms with Crippen LogP contribution in [0.1, 0.15) is 0 Å². The SMILES string of the molecule is FC(F)(F)Oc1cc(-c2ccccc2Cl)ccc1Cl. The van der Waals surface area contributed by atoms with Crippen LogP contribution in [0.2, 0.25) is 10.0 Å².